The highest BCUT2D eigenvalue weighted by atomic mass is 16.7. The van der Waals surface area contributed by atoms with Gasteiger partial charge in [0, 0.05) is 17.8 Å². The average Bonchev–Trinajstić information content (AvgIpc) is 3.18. The molecule has 0 saturated carbocycles. The number of aromatic nitrogens is 2. The van der Waals surface area contributed by atoms with Crippen LogP contribution in [0, 0.1) is 0 Å². The van der Waals surface area contributed by atoms with E-state index >= 15 is 0 Å². The van der Waals surface area contributed by atoms with Crippen molar-refractivity contribution in [3.05, 3.63) is 70.3 Å². The molecule has 0 aliphatic carbocycles. The number of pyridine rings is 1. The highest BCUT2D eigenvalue weighted by Crippen LogP contribution is 2.32. The summed E-state index contributed by atoms with van der Waals surface area (Å²) in [6, 6.07) is 11.2. The number of hydrogen-bond donors (Lipinski definition) is 1. The monoisotopic (exact) mass is 381 g/mol. The first-order valence-corrected chi connectivity index (χ1v) is 8.41. The normalized spacial score (nSPS) is 12.0. The van der Waals surface area contributed by atoms with E-state index in [-0.39, 0.29) is 25.5 Å². The van der Waals surface area contributed by atoms with Gasteiger partial charge in [0.1, 0.15) is 18.8 Å². The Kier molecular flexibility index (Phi) is 4.63. The molecule has 2 aromatic heterocycles. The number of carbonyl (C=O) groups is 2. The third kappa shape index (κ3) is 3.63. The van der Waals surface area contributed by atoms with E-state index in [1.807, 2.05) is 0 Å². The predicted molar refractivity (Wildman–Crippen MR) is 96.2 cm³/mol. The van der Waals surface area contributed by atoms with Crippen molar-refractivity contribution < 1.29 is 23.8 Å². The Hall–Kier alpha value is -3.88. The highest BCUT2D eigenvalue weighted by molar-refractivity contribution is 5.96. The first-order chi connectivity index (χ1) is 13.6. The average molecular weight is 381 g/mol. The van der Waals surface area contributed by atoms with Gasteiger partial charge in [0.05, 0.1) is 5.69 Å². The van der Waals surface area contributed by atoms with Gasteiger partial charge in [-0.2, -0.15) is 0 Å². The van der Waals surface area contributed by atoms with Crippen molar-refractivity contribution in [1.82, 2.24) is 14.7 Å². The van der Waals surface area contributed by atoms with Crippen LogP contribution >= 0.6 is 0 Å². The van der Waals surface area contributed by atoms with E-state index in [0.29, 0.717) is 28.4 Å². The maximum absolute atomic E-state index is 12.1. The summed E-state index contributed by atoms with van der Waals surface area (Å²) in [5.74, 6) is -0.0554. The molecule has 9 nitrogen and oxygen atoms in total. The molecule has 0 fully saturated rings. The molecule has 142 valence electrons. The molecule has 28 heavy (non-hydrogen) atoms. The van der Waals surface area contributed by atoms with Crippen LogP contribution in [0.2, 0.25) is 0 Å². The van der Waals surface area contributed by atoms with Crippen LogP contribution in [-0.4, -0.2) is 34.6 Å². The fraction of sp³-hybridized carbons (Fsp3) is 0.158. The molecular weight excluding hydrogens is 366 g/mol. The van der Waals surface area contributed by atoms with Gasteiger partial charge in [0.25, 0.3) is 11.5 Å². The summed E-state index contributed by atoms with van der Waals surface area (Å²) in [4.78, 5) is 40.3. The van der Waals surface area contributed by atoms with Gasteiger partial charge in [-0.15, -0.1) is 0 Å². The van der Waals surface area contributed by atoms with Crippen LogP contribution in [0.4, 0.5) is 0 Å². The van der Waals surface area contributed by atoms with Crippen molar-refractivity contribution >= 4 is 17.5 Å². The lowest BCUT2D eigenvalue weighted by molar-refractivity contribution is -0.143. The quantitative estimate of drug-likeness (QED) is 0.654. The number of nitrogens with zero attached hydrogens (tertiary/aromatic N) is 2. The minimum atomic E-state index is -0.649. The molecule has 1 amide bonds. The van der Waals surface area contributed by atoms with E-state index in [2.05, 4.69) is 10.3 Å². The van der Waals surface area contributed by atoms with Crippen molar-refractivity contribution in [2.24, 2.45) is 0 Å². The highest BCUT2D eigenvalue weighted by Gasteiger charge is 2.17. The Bertz CT molecular complexity index is 1120. The minimum absolute atomic E-state index is 0.110. The topological polar surface area (TPSA) is 108 Å². The van der Waals surface area contributed by atoms with Crippen LogP contribution in [0.15, 0.2) is 53.5 Å². The van der Waals surface area contributed by atoms with Crippen molar-refractivity contribution in [2.75, 3.05) is 13.3 Å². The number of carbonyl (C=O) groups excluding carboxylic acids is 2. The predicted octanol–water partition coefficient (Wildman–Crippen LogP) is 0.896. The summed E-state index contributed by atoms with van der Waals surface area (Å²) in [6.45, 7) is -0.377. The Morgan fingerprint density at radius 2 is 2.00 bits per heavy atom. The molecule has 9 heteroatoms. The molecule has 0 bridgehead atoms. The number of fused-ring (bicyclic) bond motifs is 2. The van der Waals surface area contributed by atoms with E-state index < -0.39 is 11.9 Å². The van der Waals surface area contributed by atoms with Crippen LogP contribution in [0.5, 0.6) is 11.5 Å². The number of amides is 1. The fourth-order valence-electron chi connectivity index (χ4n) is 2.67. The molecule has 0 saturated heterocycles. The summed E-state index contributed by atoms with van der Waals surface area (Å²) >= 11 is 0. The number of nitrogens with one attached hydrogen (secondary N) is 1. The molecule has 0 unspecified atom stereocenters. The molecule has 1 N–H and O–H groups in total. The summed E-state index contributed by atoms with van der Waals surface area (Å²) in [5.41, 5.74) is 0.845. The molecule has 0 atom stereocenters. The SMILES string of the molecule is O=C(CNC(=O)c1ccc2c(c1)OCO2)OCc1cc(=O)n2ccccc2n1. The Balaban J connectivity index is 1.32. The maximum atomic E-state index is 12.1. The van der Waals surface area contributed by atoms with Gasteiger partial charge in [-0.25, -0.2) is 4.98 Å². The van der Waals surface area contributed by atoms with Gasteiger partial charge < -0.3 is 19.5 Å². The van der Waals surface area contributed by atoms with Crippen molar-refractivity contribution in [2.45, 2.75) is 6.61 Å². The fourth-order valence-corrected chi connectivity index (χ4v) is 2.67. The summed E-state index contributed by atoms with van der Waals surface area (Å²) in [6.07, 6.45) is 1.60. The van der Waals surface area contributed by atoms with E-state index in [0.717, 1.165) is 0 Å². The molecule has 0 radical (unpaired) electrons. The van der Waals surface area contributed by atoms with Crippen molar-refractivity contribution in [1.29, 1.82) is 0 Å². The molecule has 0 spiro atoms. The van der Waals surface area contributed by atoms with Crippen LogP contribution in [-0.2, 0) is 16.1 Å². The molecular formula is C19H15N3O6. The molecule has 1 aliphatic rings. The van der Waals surface area contributed by atoms with Gasteiger partial charge >= 0.3 is 5.97 Å². The smallest absolute Gasteiger partial charge is 0.325 e. The molecule has 1 aliphatic heterocycles. The largest absolute Gasteiger partial charge is 0.458 e. The second-order valence-corrected chi connectivity index (χ2v) is 5.93. The first kappa shape index (κ1) is 17.5. The number of benzene rings is 1. The standard InChI is InChI=1S/C19H15N3O6/c23-17-8-13(21-16-3-1-2-6-22(16)17)10-26-18(24)9-20-19(25)12-4-5-14-15(7-12)28-11-27-14/h1-8H,9-11H2,(H,20,25). The van der Waals surface area contributed by atoms with Crippen LogP contribution in [0.3, 0.4) is 0 Å². The third-order valence-electron chi connectivity index (χ3n) is 4.03. The zero-order chi connectivity index (χ0) is 19.5. The van der Waals surface area contributed by atoms with Gasteiger partial charge in [-0.3, -0.25) is 18.8 Å². The molecule has 3 aromatic rings. The first-order valence-electron chi connectivity index (χ1n) is 8.41. The number of hydrogen-bond acceptors (Lipinski definition) is 7. The van der Waals surface area contributed by atoms with E-state index in [1.54, 1.807) is 36.5 Å². The zero-order valence-electron chi connectivity index (χ0n) is 14.6. The summed E-state index contributed by atoms with van der Waals surface area (Å²) in [5, 5.41) is 2.47. The van der Waals surface area contributed by atoms with Crippen molar-refractivity contribution in [3.63, 3.8) is 0 Å². The Labute approximate surface area is 158 Å². The molecule has 1 aromatic carbocycles. The van der Waals surface area contributed by atoms with Gasteiger partial charge in [0.15, 0.2) is 11.5 Å². The third-order valence-corrected chi connectivity index (χ3v) is 4.03. The van der Waals surface area contributed by atoms with E-state index in [9.17, 15) is 14.4 Å². The van der Waals surface area contributed by atoms with Crippen LogP contribution in [0.1, 0.15) is 16.1 Å². The lowest BCUT2D eigenvalue weighted by Gasteiger charge is -2.07. The van der Waals surface area contributed by atoms with Gasteiger partial charge in [0.2, 0.25) is 6.79 Å². The van der Waals surface area contributed by atoms with E-state index in [4.69, 9.17) is 14.2 Å². The second kappa shape index (κ2) is 7.39. The Morgan fingerprint density at radius 1 is 1.14 bits per heavy atom. The summed E-state index contributed by atoms with van der Waals surface area (Å²) < 4.78 is 16.9. The Morgan fingerprint density at radius 3 is 2.89 bits per heavy atom. The van der Waals surface area contributed by atoms with Gasteiger partial charge in [-0.05, 0) is 30.3 Å². The van der Waals surface area contributed by atoms with Crippen LogP contribution < -0.4 is 20.3 Å². The summed E-state index contributed by atoms with van der Waals surface area (Å²) in [7, 11) is 0. The van der Waals surface area contributed by atoms with E-state index in [1.165, 1.54) is 16.5 Å². The van der Waals surface area contributed by atoms with Crippen molar-refractivity contribution in [3.8, 4) is 11.5 Å². The zero-order valence-corrected chi connectivity index (χ0v) is 14.6. The lowest BCUT2D eigenvalue weighted by atomic mass is 10.2. The second-order valence-electron chi connectivity index (χ2n) is 5.93. The number of esters is 1. The minimum Gasteiger partial charge on any atom is -0.458 e. The van der Waals surface area contributed by atoms with Gasteiger partial charge in [-0.1, -0.05) is 6.07 Å². The maximum Gasteiger partial charge on any atom is 0.325 e. The molecule has 3 heterocycles. The number of rotatable bonds is 5. The van der Waals surface area contributed by atoms with Crippen LogP contribution in [0.25, 0.3) is 5.65 Å². The lowest BCUT2D eigenvalue weighted by Crippen LogP contribution is -2.30. The molecule has 4 rings (SSSR count). The number of ether oxygens (including phenoxy) is 3.